The molecular formula is C29H47NO. The van der Waals surface area contributed by atoms with Crippen molar-refractivity contribution in [3.63, 3.8) is 0 Å². The van der Waals surface area contributed by atoms with E-state index < -0.39 is 0 Å². The molecule has 174 valence electrons. The molecule has 0 saturated heterocycles. The Morgan fingerprint density at radius 2 is 0.839 bits per heavy atom. The zero-order valence-electron chi connectivity index (χ0n) is 20.3. The molecule has 0 aromatic heterocycles. The van der Waals surface area contributed by atoms with Gasteiger partial charge >= 0.3 is 0 Å². The van der Waals surface area contributed by atoms with Gasteiger partial charge in [0.25, 0.3) is 0 Å². The molecule has 0 fully saturated rings. The number of quaternary nitrogens is 1. The van der Waals surface area contributed by atoms with Gasteiger partial charge in [0, 0.05) is 0 Å². The number of hydrogen-bond acceptors (Lipinski definition) is 1. The van der Waals surface area contributed by atoms with Gasteiger partial charge < -0.3 is 5.48 Å². The van der Waals surface area contributed by atoms with Crippen LogP contribution in [0.1, 0.15) is 97.3 Å². The largest absolute Gasteiger partial charge is 0.870 e. The second-order valence-electron chi connectivity index (χ2n) is 8.98. The summed E-state index contributed by atoms with van der Waals surface area (Å²) in [5, 5.41) is 0. The third-order valence-corrected chi connectivity index (χ3v) is 6.50. The van der Waals surface area contributed by atoms with Gasteiger partial charge in [-0.15, -0.1) is 0 Å². The molecule has 2 nitrogen and oxygen atoms in total. The number of benzene rings is 2. The summed E-state index contributed by atoms with van der Waals surface area (Å²) in [6, 6.07) is 22.4. The van der Waals surface area contributed by atoms with E-state index in [1.807, 2.05) is 0 Å². The quantitative estimate of drug-likeness (QED) is 0.183. The zero-order chi connectivity index (χ0) is 21.3. The Morgan fingerprint density at radius 3 is 1.23 bits per heavy atom. The summed E-state index contributed by atoms with van der Waals surface area (Å²) in [7, 11) is 0. The third-order valence-electron chi connectivity index (χ3n) is 6.50. The molecule has 2 heteroatoms. The predicted molar refractivity (Wildman–Crippen MR) is 137 cm³/mol. The fourth-order valence-corrected chi connectivity index (χ4v) is 4.81. The van der Waals surface area contributed by atoms with Gasteiger partial charge in [-0.1, -0.05) is 114 Å². The van der Waals surface area contributed by atoms with Gasteiger partial charge in [0.2, 0.25) is 0 Å². The minimum absolute atomic E-state index is 0. The standard InChI is InChI=1S/C29H46N.H2O/c1-3-5-6-7-8-9-10-11-12-13-14-21-27-30(26-4-2,28-22-17-15-18-23-28)29-24-19-16-20-25-29;/h15-20,22-25H,3-14,21,26-27H2,1-2H3;1H2/q+1;/p-1. The van der Waals surface area contributed by atoms with Crippen molar-refractivity contribution < 1.29 is 5.48 Å². The number of hydrogen-bond donors (Lipinski definition) is 0. The minimum atomic E-state index is 0. The van der Waals surface area contributed by atoms with E-state index in [1.54, 1.807) is 0 Å². The highest BCUT2D eigenvalue weighted by Crippen LogP contribution is 2.35. The first kappa shape index (κ1) is 27.4. The topological polar surface area (TPSA) is 30.0 Å². The molecule has 2 rings (SSSR count). The molecule has 0 bridgehead atoms. The summed E-state index contributed by atoms with van der Waals surface area (Å²) in [6.45, 7) is 7.00. The third kappa shape index (κ3) is 9.58. The van der Waals surface area contributed by atoms with Crippen LogP contribution in [0.25, 0.3) is 0 Å². The zero-order valence-corrected chi connectivity index (χ0v) is 20.3. The van der Waals surface area contributed by atoms with Crippen molar-refractivity contribution in [2.75, 3.05) is 13.1 Å². The maximum absolute atomic E-state index is 2.32. The van der Waals surface area contributed by atoms with Gasteiger partial charge in [-0.25, -0.2) is 0 Å². The fourth-order valence-electron chi connectivity index (χ4n) is 4.81. The number of nitrogens with zero attached hydrogens (tertiary/aromatic N) is 1. The van der Waals surface area contributed by atoms with Gasteiger partial charge in [0.1, 0.15) is 11.4 Å². The monoisotopic (exact) mass is 425 g/mol. The number of unbranched alkanes of at least 4 members (excludes halogenated alkanes) is 11. The molecule has 2 aromatic carbocycles. The Balaban J connectivity index is 0.00000480. The Kier molecular flexibility index (Phi) is 15.0. The van der Waals surface area contributed by atoms with Crippen LogP contribution in [0.3, 0.4) is 0 Å². The second kappa shape index (κ2) is 17.0. The highest BCUT2D eigenvalue weighted by Gasteiger charge is 2.31. The summed E-state index contributed by atoms with van der Waals surface area (Å²) in [4.78, 5) is 0. The molecule has 1 N–H and O–H groups in total. The normalized spacial score (nSPS) is 11.3. The SMILES string of the molecule is CCCCCCCCCCCCCC[N+](CCC)(c1ccccc1)c1ccccc1.[OH-]. The molecular weight excluding hydrogens is 378 g/mol. The fraction of sp³-hybridized carbons (Fsp3) is 0.586. The van der Waals surface area contributed by atoms with Gasteiger partial charge in [0.15, 0.2) is 0 Å². The molecule has 0 atom stereocenters. The first-order valence-electron chi connectivity index (χ1n) is 12.8. The van der Waals surface area contributed by atoms with Crippen LogP contribution in [0.5, 0.6) is 0 Å². The van der Waals surface area contributed by atoms with E-state index in [4.69, 9.17) is 0 Å². The van der Waals surface area contributed by atoms with Crippen molar-refractivity contribution >= 4 is 11.4 Å². The van der Waals surface area contributed by atoms with E-state index in [-0.39, 0.29) is 5.48 Å². The molecule has 0 radical (unpaired) electrons. The van der Waals surface area contributed by atoms with Crippen molar-refractivity contribution in [2.45, 2.75) is 97.3 Å². The second-order valence-corrected chi connectivity index (χ2v) is 8.98. The van der Waals surface area contributed by atoms with Crippen LogP contribution in [0.4, 0.5) is 11.4 Å². The molecule has 0 spiro atoms. The van der Waals surface area contributed by atoms with Gasteiger partial charge in [-0.2, -0.15) is 0 Å². The molecule has 2 aromatic rings. The van der Waals surface area contributed by atoms with Gasteiger partial charge in [-0.05, 0) is 43.5 Å². The lowest BCUT2D eigenvalue weighted by molar-refractivity contribution is 0.365. The first-order chi connectivity index (χ1) is 14.8. The van der Waals surface area contributed by atoms with Crippen LogP contribution in [0.2, 0.25) is 0 Å². The van der Waals surface area contributed by atoms with Crippen LogP contribution in [0.15, 0.2) is 60.7 Å². The van der Waals surface area contributed by atoms with Gasteiger partial charge in [-0.3, -0.25) is 4.48 Å². The first-order valence-corrected chi connectivity index (χ1v) is 12.8. The molecule has 0 aliphatic heterocycles. The molecule has 0 aliphatic rings. The maximum atomic E-state index is 2.32. The number of rotatable bonds is 17. The van der Waals surface area contributed by atoms with Crippen molar-refractivity contribution in [3.05, 3.63) is 60.7 Å². The highest BCUT2D eigenvalue weighted by molar-refractivity contribution is 5.58. The Morgan fingerprint density at radius 1 is 0.452 bits per heavy atom. The summed E-state index contributed by atoms with van der Waals surface area (Å²) >= 11 is 0. The summed E-state index contributed by atoms with van der Waals surface area (Å²) in [6.07, 6.45) is 18.1. The van der Waals surface area contributed by atoms with Crippen LogP contribution in [0, 0.1) is 0 Å². The van der Waals surface area contributed by atoms with E-state index in [0.29, 0.717) is 0 Å². The van der Waals surface area contributed by atoms with Crippen LogP contribution in [-0.4, -0.2) is 18.6 Å². The Hall–Kier alpha value is -1.64. The van der Waals surface area contributed by atoms with E-state index in [9.17, 15) is 0 Å². The van der Waals surface area contributed by atoms with E-state index in [0.717, 1.165) is 4.48 Å². The van der Waals surface area contributed by atoms with Crippen LogP contribution in [-0.2, 0) is 0 Å². The van der Waals surface area contributed by atoms with Crippen molar-refractivity contribution in [2.24, 2.45) is 0 Å². The van der Waals surface area contributed by atoms with Crippen LogP contribution < -0.4 is 4.48 Å². The van der Waals surface area contributed by atoms with E-state index in [1.165, 1.54) is 108 Å². The molecule has 0 unspecified atom stereocenters. The lowest BCUT2D eigenvalue weighted by atomic mass is 10.0. The van der Waals surface area contributed by atoms with Crippen LogP contribution >= 0.6 is 0 Å². The average molecular weight is 426 g/mol. The van der Waals surface area contributed by atoms with Crippen molar-refractivity contribution in [1.82, 2.24) is 4.48 Å². The summed E-state index contributed by atoms with van der Waals surface area (Å²) in [5.41, 5.74) is 2.88. The molecule has 0 saturated carbocycles. The van der Waals surface area contributed by atoms with Crippen molar-refractivity contribution in [3.8, 4) is 0 Å². The van der Waals surface area contributed by atoms with E-state index >= 15 is 0 Å². The van der Waals surface area contributed by atoms with E-state index in [2.05, 4.69) is 74.5 Å². The molecule has 31 heavy (non-hydrogen) atoms. The maximum Gasteiger partial charge on any atom is 0.137 e. The summed E-state index contributed by atoms with van der Waals surface area (Å²) in [5.74, 6) is 0. The Bertz CT molecular complexity index is 601. The highest BCUT2D eigenvalue weighted by atomic mass is 16.0. The predicted octanol–water partition coefficient (Wildman–Crippen LogP) is 9.26. The summed E-state index contributed by atoms with van der Waals surface area (Å²) < 4.78 is 0.996. The average Bonchev–Trinajstić information content (AvgIpc) is 2.80. The molecule has 0 heterocycles. The van der Waals surface area contributed by atoms with Gasteiger partial charge in [0.05, 0.1) is 13.1 Å². The minimum Gasteiger partial charge on any atom is -0.870 e. The van der Waals surface area contributed by atoms with Crippen molar-refractivity contribution in [1.29, 1.82) is 0 Å². The number of para-hydroxylation sites is 2. The molecule has 0 aliphatic carbocycles. The lowest BCUT2D eigenvalue weighted by Gasteiger charge is -2.38. The lowest BCUT2D eigenvalue weighted by Crippen LogP contribution is -2.45. The smallest absolute Gasteiger partial charge is 0.137 e. The molecule has 0 amide bonds. The Labute approximate surface area is 192 Å².